The van der Waals surface area contributed by atoms with Crippen LogP contribution in [-0.2, 0) is 9.59 Å². The fourth-order valence-electron chi connectivity index (χ4n) is 8.42. The van der Waals surface area contributed by atoms with E-state index in [1.165, 1.54) is 0 Å². The lowest BCUT2D eigenvalue weighted by Gasteiger charge is -2.28. The van der Waals surface area contributed by atoms with Crippen molar-refractivity contribution < 1.29 is 29.4 Å². The van der Waals surface area contributed by atoms with Gasteiger partial charge in [0.15, 0.2) is 0 Å². The Bertz CT molecular complexity index is 2080. The van der Waals surface area contributed by atoms with Gasteiger partial charge >= 0.3 is 12.2 Å². The average Bonchev–Trinajstić information content (AvgIpc) is 3.88. The first-order chi connectivity index (χ1) is 26.1. The molecule has 4 heterocycles. The summed E-state index contributed by atoms with van der Waals surface area (Å²) in [6, 6.07) is 10.6. The second-order valence-electron chi connectivity index (χ2n) is 15.3. The van der Waals surface area contributed by atoms with E-state index in [0.717, 1.165) is 96.1 Å². The van der Waals surface area contributed by atoms with Crippen molar-refractivity contribution in [3.63, 3.8) is 0 Å². The fraction of sp³-hybridized carbons (Fsp3) is 0.450. The van der Waals surface area contributed by atoms with Crippen molar-refractivity contribution >= 4 is 24.0 Å². The summed E-state index contributed by atoms with van der Waals surface area (Å²) in [6.45, 7) is 5.36. The first-order valence-corrected chi connectivity index (χ1v) is 19.0. The Hall–Kier alpha value is -5.66. The average molecular weight is 735 g/mol. The maximum Gasteiger partial charge on any atom is 0.405 e. The Morgan fingerprint density at radius 2 is 1.09 bits per heavy atom. The van der Waals surface area contributed by atoms with E-state index >= 15 is 0 Å². The van der Waals surface area contributed by atoms with Crippen molar-refractivity contribution in [2.45, 2.75) is 89.4 Å². The summed E-state index contributed by atoms with van der Waals surface area (Å²) in [7, 11) is 0. The minimum atomic E-state index is -1.17. The lowest BCUT2D eigenvalue weighted by atomic mass is 9.92. The minimum Gasteiger partial charge on any atom is -0.465 e. The zero-order valence-corrected chi connectivity index (χ0v) is 30.5. The molecule has 2 aromatic heterocycles. The van der Waals surface area contributed by atoms with E-state index in [2.05, 4.69) is 75.8 Å². The number of benzene rings is 2. The van der Waals surface area contributed by atoms with Crippen molar-refractivity contribution in [1.29, 1.82) is 0 Å². The van der Waals surface area contributed by atoms with Crippen LogP contribution in [0.4, 0.5) is 9.59 Å². The van der Waals surface area contributed by atoms with Crippen LogP contribution in [0.25, 0.3) is 33.6 Å². The lowest BCUT2D eigenvalue weighted by Crippen LogP contribution is -2.49. The summed E-state index contributed by atoms with van der Waals surface area (Å²) in [5, 5.41) is 23.6. The number of likely N-dealkylation sites (tertiary alicyclic amines) is 2. The molecule has 2 aliphatic heterocycles. The van der Waals surface area contributed by atoms with Crippen LogP contribution >= 0.6 is 0 Å². The summed E-state index contributed by atoms with van der Waals surface area (Å²) in [5.74, 6) is 1.20. The Balaban J connectivity index is 0.958. The summed E-state index contributed by atoms with van der Waals surface area (Å²) in [5.41, 5.74) is 8.14. The number of carboxylic acid groups (broad SMARTS) is 2. The molecule has 8 rings (SSSR count). The van der Waals surface area contributed by atoms with Gasteiger partial charge in [0.1, 0.15) is 23.7 Å². The third-order valence-corrected chi connectivity index (χ3v) is 11.8. The highest BCUT2D eigenvalue weighted by atomic mass is 16.4. The van der Waals surface area contributed by atoms with Crippen LogP contribution < -0.4 is 10.6 Å². The number of carbonyl (C=O) groups is 4. The third kappa shape index (κ3) is 6.92. The van der Waals surface area contributed by atoms with Crippen molar-refractivity contribution in [1.82, 2.24) is 40.4 Å². The highest BCUT2D eigenvalue weighted by molar-refractivity contribution is 5.87. The molecule has 4 amide bonds. The van der Waals surface area contributed by atoms with Gasteiger partial charge in [-0.25, -0.2) is 19.6 Å². The number of aromatic nitrogens is 4. The van der Waals surface area contributed by atoms with E-state index in [1.54, 1.807) is 16.0 Å². The van der Waals surface area contributed by atoms with Crippen LogP contribution in [0, 0.1) is 25.7 Å². The monoisotopic (exact) mass is 734 g/mol. The molecule has 54 heavy (non-hydrogen) atoms. The van der Waals surface area contributed by atoms with E-state index in [-0.39, 0.29) is 35.7 Å². The molecule has 0 spiro atoms. The van der Waals surface area contributed by atoms with Crippen LogP contribution in [0.15, 0.2) is 48.8 Å². The normalized spacial score (nSPS) is 20.9. The summed E-state index contributed by atoms with van der Waals surface area (Å²) >= 11 is 0. The lowest BCUT2D eigenvalue weighted by molar-refractivity contribution is -0.135. The predicted molar refractivity (Wildman–Crippen MR) is 199 cm³/mol. The first kappa shape index (κ1) is 35.4. The molecule has 6 N–H and O–H groups in total. The van der Waals surface area contributed by atoms with E-state index in [4.69, 9.17) is 4.98 Å². The molecule has 2 saturated carbocycles. The predicted octanol–water partition coefficient (Wildman–Crippen LogP) is 6.17. The highest BCUT2D eigenvalue weighted by Crippen LogP contribution is 2.40. The maximum atomic E-state index is 13.5. The number of amides is 4. The number of H-pyrrole nitrogens is 2. The van der Waals surface area contributed by atoms with Gasteiger partial charge in [-0.3, -0.25) is 9.59 Å². The number of hydrogen-bond donors (Lipinski definition) is 6. The quantitative estimate of drug-likeness (QED) is 0.105. The third-order valence-electron chi connectivity index (χ3n) is 11.8. The molecule has 2 aliphatic carbocycles. The molecule has 0 radical (unpaired) electrons. The number of carbonyl (C=O) groups excluding carboxylic acids is 2. The molecule has 4 aromatic rings. The van der Waals surface area contributed by atoms with Gasteiger partial charge in [0.05, 0.1) is 35.9 Å². The molecule has 4 aliphatic rings. The molecule has 0 bridgehead atoms. The van der Waals surface area contributed by atoms with Crippen LogP contribution in [0.2, 0.25) is 0 Å². The van der Waals surface area contributed by atoms with Gasteiger partial charge in [0, 0.05) is 18.7 Å². The molecule has 4 atom stereocenters. The smallest absolute Gasteiger partial charge is 0.405 e. The zero-order valence-electron chi connectivity index (χ0n) is 30.5. The maximum absolute atomic E-state index is 13.5. The first-order valence-electron chi connectivity index (χ1n) is 19.0. The number of imidazole rings is 2. The van der Waals surface area contributed by atoms with E-state index in [0.29, 0.717) is 24.7 Å². The van der Waals surface area contributed by atoms with Crippen LogP contribution in [0.3, 0.4) is 0 Å². The van der Waals surface area contributed by atoms with Gasteiger partial charge < -0.3 is 40.6 Å². The van der Waals surface area contributed by atoms with Crippen molar-refractivity contribution in [2.75, 3.05) is 13.1 Å². The van der Waals surface area contributed by atoms with Crippen molar-refractivity contribution in [2.24, 2.45) is 11.8 Å². The minimum absolute atomic E-state index is 0.0592. The topological polar surface area (TPSA) is 197 Å². The summed E-state index contributed by atoms with van der Waals surface area (Å²) < 4.78 is 0. The van der Waals surface area contributed by atoms with Crippen LogP contribution in [-0.4, -0.2) is 89.1 Å². The van der Waals surface area contributed by atoms with Gasteiger partial charge in [-0.1, -0.05) is 36.4 Å². The Morgan fingerprint density at radius 1 is 0.648 bits per heavy atom. The molecule has 14 nitrogen and oxygen atoms in total. The van der Waals surface area contributed by atoms with Crippen molar-refractivity contribution in [3.05, 3.63) is 71.6 Å². The zero-order chi connectivity index (χ0) is 37.7. The van der Waals surface area contributed by atoms with E-state index in [9.17, 15) is 29.4 Å². The van der Waals surface area contributed by atoms with Crippen LogP contribution in [0.1, 0.15) is 86.2 Å². The second-order valence-corrected chi connectivity index (χ2v) is 15.3. The molecule has 2 saturated heterocycles. The molecule has 2 unspecified atom stereocenters. The van der Waals surface area contributed by atoms with E-state index in [1.807, 2.05) is 6.20 Å². The number of hydrogen-bond acceptors (Lipinski definition) is 6. The number of nitrogens with one attached hydrogen (secondary N) is 4. The second kappa shape index (κ2) is 14.3. The highest BCUT2D eigenvalue weighted by Gasteiger charge is 2.44. The molecule has 4 fully saturated rings. The molecule has 2 aromatic carbocycles. The van der Waals surface area contributed by atoms with Gasteiger partial charge in [-0.2, -0.15) is 0 Å². The van der Waals surface area contributed by atoms with Crippen LogP contribution in [0.5, 0.6) is 0 Å². The number of aromatic amines is 2. The SMILES string of the molecule is Cc1c(-c2ccc(-c3cnc(C4CCCN4C(=O)C(NC(=O)O)C4CC4)[nH]3)cc2)ccc(-c2cnc([C@H]3CCCN3C(=O)[C@H](NC(=O)O)C3CC3)[nH]2)c1C. The Kier molecular flexibility index (Phi) is 9.36. The Labute approximate surface area is 312 Å². The molecular weight excluding hydrogens is 688 g/mol. The summed E-state index contributed by atoms with van der Waals surface area (Å²) in [6.07, 6.45) is 7.87. The largest absolute Gasteiger partial charge is 0.465 e. The van der Waals surface area contributed by atoms with E-state index < -0.39 is 24.3 Å². The van der Waals surface area contributed by atoms with Gasteiger partial charge in [-0.15, -0.1) is 0 Å². The molecule has 14 heteroatoms. The summed E-state index contributed by atoms with van der Waals surface area (Å²) in [4.78, 5) is 69.6. The molecule has 282 valence electrons. The fourth-order valence-corrected chi connectivity index (χ4v) is 8.42. The van der Waals surface area contributed by atoms with Gasteiger partial charge in [0.25, 0.3) is 0 Å². The van der Waals surface area contributed by atoms with Crippen molar-refractivity contribution in [3.8, 4) is 33.6 Å². The Morgan fingerprint density at radius 3 is 1.59 bits per heavy atom. The molecular formula is C40H46N8O6. The standard InChI is InChI=1S/C40H46N8O6/c1-21-22(2)28(30-20-42-36(44-30)32-6-4-18-48(32)38(50)34(26-13-14-26)46-40(53)54)16-15-27(21)23-7-9-24(10-8-23)29-19-41-35(43-29)31-5-3-17-47(31)37(49)33(25-11-12-25)45-39(51)52/h7-10,15-16,19-20,25-26,31-34,45-46H,3-6,11-14,17-18H2,1-2H3,(H,41,43)(H,42,44)(H,51,52)(H,53,54)/t31?,32-,33?,34-/m1/s1. The van der Waals surface area contributed by atoms with Gasteiger partial charge in [0.2, 0.25) is 11.8 Å². The van der Waals surface area contributed by atoms with Gasteiger partial charge in [-0.05, 0) is 105 Å². The number of nitrogens with zero attached hydrogens (tertiary/aromatic N) is 4. The number of rotatable bonds is 11.